The van der Waals surface area contributed by atoms with Crippen LogP contribution in [0.4, 0.5) is 5.69 Å². The van der Waals surface area contributed by atoms with Gasteiger partial charge in [-0.05, 0) is 24.6 Å². The molecule has 0 amide bonds. The lowest BCUT2D eigenvalue weighted by Gasteiger charge is -2.18. The van der Waals surface area contributed by atoms with Gasteiger partial charge in [-0.3, -0.25) is 4.18 Å². The van der Waals surface area contributed by atoms with Gasteiger partial charge in [-0.15, -0.1) is 11.3 Å². The van der Waals surface area contributed by atoms with E-state index in [1.165, 1.54) is 17.5 Å². The monoisotopic (exact) mass is 477 g/mol. The molecule has 0 fully saturated rings. The zero-order valence-corrected chi connectivity index (χ0v) is 18.9. The van der Waals surface area contributed by atoms with E-state index in [2.05, 4.69) is 0 Å². The number of carboxylic acids is 1. The quantitative estimate of drug-likeness (QED) is 0.401. The van der Waals surface area contributed by atoms with E-state index in [0.29, 0.717) is 0 Å². The van der Waals surface area contributed by atoms with Crippen LogP contribution in [0, 0.1) is 6.92 Å². The highest BCUT2D eigenvalue weighted by atomic mass is 32.2. The molecule has 0 saturated carbocycles. The van der Waals surface area contributed by atoms with Gasteiger partial charge in [-0.25, -0.2) is 4.79 Å². The standard InChI is InChI=1S/C22H23NO7S2/c1-15-7-9-18(10-8-15)32(26,27)30-17(12-28-11-16-5-3-2-4-6-16)13-29-19-14-31-21(20(19)23)22(24)25/h2-10,14,17H,11-13,23H2,1H3,(H,24,25). The molecule has 2 aromatic carbocycles. The summed E-state index contributed by atoms with van der Waals surface area (Å²) in [6, 6.07) is 15.7. The summed E-state index contributed by atoms with van der Waals surface area (Å²) in [5.41, 5.74) is 7.63. The molecule has 0 aliphatic carbocycles. The number of nitrogen functional groups attached to an aromatic ring is 1. The number of thiophene rings is 1. The van der Waals surface area contributed by atoms with Crippen molar-refractivity contribution in [1.29, 1.82) is 0 Å². The van der Waals surface area contributed by atoms with Crippen LogP contribution in [0.15, 0.2) is 64.9 Å². The van der Waals surface area contributed by atoms with Crippen LogP contribution in [-0.4, -0.2) is 38.8 Å². The third-order valence-electron chi connectivity index (χ3n) is 4.40. The molecule has 10 heteroatoms. The Hall–Kier alpha value is -2.92. The number of hydrogen-bond acceptors (Lipinski definition) is 8. The largest absolute Gasteiger partial charge is 0.488 e. The molecule has 1 heterocycles. The normalized spacial score (nSPS) is 12.4. The molecule has 0 spiro atoms. The van der Waals surface area contributed by atoms with Crippen molar-refractivity contribution in [3.63, 3.8) is 0 Å². The lowest BCUT2D eigenvalue weighted by Crippen LogP contribution is -2.30. The summed E-state index contributed by atoms with van der Waals surface area (Å²) in [6.07, 6.45) is -0.988. The fourth-order valence-electron chi connectivity index (χ4n) is 2.74. The molecule has 1 atom stereocenters. The van der Waals surface area contributed by atoms with Crippen LogP contribution in [0.2, 0.25) is 0 Å². The van der Waals surface area contributed by atoms with Gasteiger partial charge in [-0.2, -0.15) is 8.42 Å². The van der Waals surface area contributed by atoms with Crippen molar-refractivity contribution in [2.45, 2.75) is 24.5 Å². The predicted molar refractivity (Wildman–Crippen MR) is 121 cm³/mol. The lowest BCUT2D eigenvalue weighted by atomic mass is 10.2. The van der Waals surface area contributed by atoms with Crippen LogP contribution in [0.1, 0.15) is 20.8 Å². The molecule has 0 aliphatic rings. The number of aryl methyl sites for hydroxylation is 1. The van der Waals surface area contributed by atoms with E-state index < -0.39 is 22.2 Å². The number of benzene rings is 2. The average Bonchev–Trinajstić information content (AvgIpc) is 3.13. The van der Waals surface area contributed by atoms with Gasteiger partial charge in [0.2, 0.25) is 0 Å². The molecule has 0 bridgehead atoms. The molecule has 0 aliphatic heterocycles. The molecular weight excluding hydrogens is 454 g/mol. The maximum absolute atomic E-state index is 12.7. The van der Waals surface area contributed by atoms with Crippen molar-refractivity contribution in [3.05, 3.63) is 76.0 Å². The number of hydrogen-bond donors (Lipinski definition) is 2. The van der Waals surface area contributed by atoms with Gasteiger partial charge >= 0.3 is 5.97 Å². The van der Waals surface area contributed by atoms with E-state index in [-0.39, 0.29) is 41.0 Å². The highest BCUT2D eigenvalue weighted by Gasteiger charge is 2.24. The minimum atomic E-state index is -4.08. The van der Waals surface area contributed by atoms with Crippen LogP contribution >= 0.6 is 11.3 Å². The zero-order chi connectivity index (χ0) is 23.1. The number of carboxylic acid groups (broad SMARTS) is 1. The van der Waals surface area contributed by atoms with Crippen molar-refractivity contribution in [3.8, 4) is 5.75 Å². The Morgan fingerprint density at radius 3 is 2.41 bits per heavy atom. The topological polar surface area (TPSA) is 125 Å². The highest BCUT2D eigenvalue weighted by molar-refractivity contribution is 7.86. The summed E-state index contributed by atoms with van der Waals surface area (Å²) in [5, 5.41) is 10.6. The van der Waals surface area contributed by atoms with E-state index in [9.17, 15) is 13.2 Å². The molecule has 3 rings (SSSR count). The summed E-state index contributed by atoms with van der Waals surface area (Å²) in [4.78, 5) is 11.1. The summed E-state index contributed by atoms with van der Waals surface area (Å²) >= 11 is 0.923. The van der Waals surface area contributed by atoms with Crippen molar-refractivity contribution in [2.75, 3.05) is 18.9 Å². The van der Waals surface area contributed by atoms with E-state index in [1.54, 1.807) is 12.1 Å². The van der Waals surface area contributed by atoms with Crippen molar-refractivity contribution < 1.29 is 32.0 Å². The molecule has 0 saturated heterocycles. The first-order chi connectivity index (χ1) is 15.3. The number of ether oxygens (including phenoxy) is 2. The van der Waals surface area contributed by atoms with Gasteiger partial charge in [0.1, 0.15) is 17.6 Å². The Kier molecular flexibility index (Phi) is 7.86. The number of anilines is 1. The minimum absolute atomic E-state index is 0.0133. The van der Waals surface area contributed by atoms with Crippen molar-refractivity contribution in [1.82, 2.24) is 0 Å². The second-order valence-electron chi connectivity index (χ2n) is 6.95. The summed E-state index contributed by atoms with van der Waals surface area (Å²) in [5.74, 6) is -1.01. The third-order valence-corrected chi connectivity index (χ3v) is 6.74. The van der Waals surface area contributed by atoms with Crippen LogP contribution < -0.4 is 10.5 Å². The van der Waals surface area contributed by atoms with Crippen LogP contribution in [-0.2, 0) is 25.6 Å². The van der Waals surface area contributed by atoms with Gasteiger partial charge in [0, 0.05) is 5.38 Å². The lowest BCUT2D eigenvalue weighted by molar-refractivity contribution is 0.0219. The summed E-state index contributed by atoms with van der Waals surface area (Å²) < 4.78 is 42.1. The molecule has 3 aromatic rings. The molecule has 1 aromatic heterocycles. The van der Waals surface area contributed by atoms with E-state index in [0.717, 1.165) is 22.5 Å². The van der Waals surface area contributed by atoms with Crippen molar-refractivity contribution >= 4 is 33.1 Å². The SMILES string of the molecule is Cc1ccc(S(=O)(=O)OC(COCc2ccccc2)COc2csc(C(=O)O)c2N)cc1. The molecular formula is C22H23NO7S2. The van der Waals surface area contributed by atoms with Crippen LogP contribution in [0.25, 0.3) is 0 Å². The van der Waals surface area contributed by atoms with E-state index >= 15 is 0 Å². The molecule has 170 valence electrons. The molecule has 0 radical (unpaired) electrons. The van der Waals surface area contributed by atoms with E-state index in [1.807, 2.05) is 37.3 Å². The first kappa shape index (κ1) is 23.7. The van der Waals surface area contributed by atoms with Gasteiger partial charge < -0.3 is 20.3 Å². The minimum Gasteiger partial charge on any atom is -0.488 e. The molecule has 3 N–H and O–H groups in total. The maximum Gasteiger partial charge on any atom is 0.348 e. The smallest absolute Gasteiger partial charge is 0.348 e. The predicted octanol–water partition coefficient (Wildman–Crippen LogP) is 3.71. The first-order valence-electron chi connectivity index (χ1n) is 9.61. The Morgan fingerprint density at radius 1 is 1.09 bits per heavy atom. The number of carbonyl (C=O) groups is 1. The van der Waals surface area contributed by atoms with Crippen molar-refractivity contribution in [2.24, 2.45) is 0 Å². The van der Waals surface area contributed by atoms with Gasteiger partial charge in [0.15, 0.2) is 5.75 Å². The third kappa shape index (κ3) is 6.30. The highest BCUT2D eigenvalue weighted by Crippen LogP contribution is 2.32. The Labute approximate surface area is 190 Å². The van der Waals surface area contributed by atoms with Gasteiger partial charge in [0.05, 0.1) is 23.8 Å². The summed E-state index contributed by atoms with van der Waals surface area (Å²) in [7, 11) is -4.08. The van der Waals surface area contributed by atoms with Gasteiger partial charge in [0.25, 0.3) is 10.1 Å². The molecule has 32 heavy (non-hydrogen) atoms. The zero-order valence-electron chi connectivity index (χ0n) is 17.3. The number of nitrogens with two attached hydrogens (primary N) is 1. The average molecular weight is 478 g/mol. The van der Waals surface area contributed by atoms with Crippen LogP contribution in [0.5, 0.6) is 5.75 Å². The second-order valence-corrected chi connectivity index (χ2v) is 9.40. The molecule has 8 nitrogen and oxygen atoms in total. The first-order valence-corrected chi connectivity index (χ1v) is 11.9. The Bertz CT molecular complexity index is 1140. The number of aromatic carboxylic acids is 1. The van der Waals surface area contributed by atoms with Crippen LogP contribution in [0.3, 0.4) is 0 Å². The fraction of sp³-hybridized carbons (Fsp3) is 0.227. The summed E-state index contributed by atoms with van der Waals surface area (Å²) in [6.45, 7) is 1.83. The fourth-order valence-corrected chi connectivity index (χ4v) is 4.54. The Morgan fingerprint density at radius 2 is 1.78 bits per heavy atom. The second kappa shape index (κ2) is 10.6. The van der Waals surface area contributed by atoms with E-state index in [4.69, 9.17) is 24.5 Å². The Balaban J connectivity index is 1.71. The maximum atomic E-state index is 12.7. The molecule has 1 unspecified atom stereocenters. The van der Waals surface area contributed by atoms with Gasteiger partial charge in [-0.1, -0.05) is 48.0 Å². The number of rotatable bonds is 11.